The summed E-state index contributed by atoms with van der Waals surface area (Å²) in [4.78, 5) is 0. The molecule has 100 valence electrons. The van der Waals surface area contributed by atoms with Gasteiger partial charge >= 0.3 is 0 Å². The van der Waals surface area contributed by atoms with Crippen molar-refractivity contribution >= 4 is 0 Å². The van der Waals surface area contributed by atoms with Crippen molar-refractivity contribution in [3.8, 4) is 11.5 Å². The Hall–Kier alpha value is -1.22. The quantitative estimate of drug-likeness (QED) is 0.889. The molecule has 0 bridgehead atoms. The number of hydrogen-bond donors (Lipinski definition) is 1. The Kier molecular flexibility index (Phi) is 4.48. The highest BCUT2D eigenvalue weighted by atomic mass is 16.5. The Labute approximate surface area is 109 Å². The first-order chi connectivity index (χ1) is 8.74. The third-order valence-corrected chi connectivity index (χ3v) is 3.93. The van der Waals surface area contributed by atoms with Crippen LogP contribution in [-0.4, -0.2) is 27.3 Å². The van der Waals surface area contributed by atoms with E-state index in [4.69, 9.17) is 9.47 Å². The fourth-order valence-corrected chi connectivity index (χ4v) is 2.64. The molecule has 3 heteroatoms. The predicted octanol–water partition coefficient (Wildman–Crippen LogP) is 2.49. The van der Waals surface area contributed by atoms with E-state index >= 15 is 0 Å². The third kappa shape index (κ3) is 2.96. The molecule has 0 spiro atoms. The molecular weight excluding hydrogens is 226 g/mol. The van der Waals surface area contributed by atoms with E-state index in [9.17, 15) is 0 Å². The lowest BCUT2D eigenvalue weighted by molar-refractivity contribution is 0.272. The summed E-state index contributed by atoms with van der Waals surface area (Å²) in [5.74, 6) is 3.14. The fourth-order valence-electron chi connectivity index (χ4n) is 2.64. The van der Waals surface area contributed by atoms with E-state index in [1.807, 2.05) is 6.07 Å². The normalized spacial score (nSPS) is 23.7. The highest BCUT2D eigenvalue weighted by Gasteiger charge is 2.21. The van der Waals surface area contributed by atoms with Crippen LogP contribution in [0.2, 0.25) is 0 Å². The topological polar surface area (TPSA) is 30.5 Å². The Morgan fingerprint density at radius 2 is 2.00 bits per heavy atom. The molecule has 1 aromatic carbocycles. The largest absolute Gasteiger partial charge is 0.493 e. The maximum atomic E-state index is 5.35. The summed E-state index contributed by atoms with van der Waals surface area (Å²) in [6.45, 7) is 4.63. The van der Waals surface area contributed by atoms with Gasteiger partial charge in [-0.25, -0.2) is 0 Å². The van der Waals surface area contributed by atoms with Crippen LogP contribution in [0, 0.1) is 11.8 Å². The number of nitrogens with one attached hydrogen (secondary N) is 1. The van der Waals surface area contributed by atoms with E-state index in [1.165, 1.54) is 12.0 Å². The molecule has 2 atom stereocenters. The smallest absolute Gasteiger partial charge is 0.160 e. The number of ether oxygens (including phenoxy) is 2. The van der Waals surface area contributed by atoms with E-state index in [1.54, 1.807) is 14.2 Å². The number of benzene rings is 1. The summed E-state index contributed by atoms with van der Waals surface area (Å²) in [5.41, 5.74) is 1.33. The Bertz CT molecular complexity index is 392. The van der Waals surface area contributed by atoms with Gasteiger partial charge in [-0.3, -0.25) is 0 Å². The van der Waals surface area contributed by atoms with Gasteiger partial charge in [-0.1, -0.05) is 13.0 Å². The van der Waals surface area contributed by atoms with Crippen LogP contribution in [0.5, 0.6) is 11.5 Å². The van der Waals surface area contributed by atoms with Crippen LogP contribution in [0.4, 0.5) is 0 Å². The molecule has 0 radical (unpaired) electrons. The molecule has 3 nitrogen and oxygen atoms in total. The Morgan fingerprint density at radius 3 is 2.67 bits per heavy atom. The maximum Gasteiger partial charge on any atom is 0.160 e. The second-order valence-electron chi connectivity index (χ2n) is 5.12. The van der Waals surface area contributed by atoms with Crippen molar-refractivity contribution in [3.63, 3.8) is 0 Å². The average molecular weight is 249 g/mol. The van der Waals surface area contributed by atoms with Crippen molar-refractivity contribution < 1.29 is 9.47 Å². The van der Waals surface area contributed by atoms with Crippen LogP contribution in [0.25, 0.3) is 0 Å². The van der Waals surface area contributed by atoms with Crippen LogP contribution < -0.4 is 14.8 Å². The zero-order valence-corrected chi connectivity index (χ0v) is 11.5. The minimum absolute atomic E-state index is 0.719. The summed E-state index contributed by atoms with van der Waals surface area (Å²) >= 11 is 0. The lowest BCUT2D eigenvalue weighted by Gasteiger charge is -2.29. The van der Waals surface area contributed by atoms with Crippen LogP contribution in [0.15, 0.2) is 18.2 Å². The average Bonchev–Trinajstić information content (AvgIpc) is 2.41. The zero-order chi connectivity index (χ0) is 13.0. The molecule has 1 saturated heterocycles. The molecule has 18 heavy (non-hydrogen) atoms. The monoisotopic (exact) mass is 249 g/mol. The third-order valence-electron chi connectivity index (χ3n) is 3.93. The van der Waals surface area contributed by atoms with Gasteiger partial charge in [0.15, 0.2) is 11.5 Å². The second kappa shape index (κ2) is 6.10. The molecule has 2 unspecified atom stereocenters. The summed E-state index contributed by atoms with van der Waals surface area (Å²) in [6, 6.07) is 6.23. The van der Waals surface area contributed by atoms with Gasteiger partial charge in [0, 0.05) is 0 Å². The predicted molar refractivity (Wildman–Crippen MR) is 73.4 cm³/mol. The zero-order valence-electron chi connectivity index (χ0n) is 11.5. The molecule has 0 saturated carbocycles. The van der Waals surface area contributed by atoms with Crippen LogP contribution in [0.1, 0.15) is 18.9 Å². The van der Waals surface area contributed by atoms with Crippen molar-refractivity contribution in [2.75, 3.05) is 27.3 Å². The lowest BCUT2D eigenvalue weighted by atomic mass is 9.83. The van der Waals surface area contributed by atoms with Crippen molar-refractivity contribution in [2.45, 2.75) is 19.8 Å². The Balaban J connectivity index is 2.08. The minimum atomic E-state index is 0.719. The summed E-state index contributed by atoms with van der Waals surface area (Å²) in [6.07, 6.45) is 2.38. The van der Waals surface area contributed by atoms with E-state index < -0.39 is 0 Å². The highest BCUT2D eigenvalue weighted by molar-refractivity contribution is 5.43. The van der Waals surface area contributed by atoms with E-state index in [0.29, 0.717) is 0 Å². The van der Waals surface area contributed by atoms with Crippen LogP contribution in [-0.2, 0) is 6.42 Å². The first-order valence-electron chi connectivity index (χ1n) is 6.66. The van der Waals surface area contributed by atoms with Gasteiger partial charge in [0.25, 0.3) is 0 Å². The minimum Gasteiger partial charge on any atom is -0.493 e. The number of methoxy groups -OCH3 is 2. The molecule has 0 aromatic heterocycles. The first-order valence-corrected chi connectivity index (χ1v) is 6.66. The van der Waals surface area contributed by atoms with E-state index in [0.717, 1.165) is 42.8 Å². The van der Waals surface area contributed by atoms with Gasteiger partial charge in [-0.2, -0.15) is 0 Å². The number of hydrogen-bond acceptors (Lipinski definition) is 3. The van der Waals surface area contributed by atoms with E-state index in [-0.39, 0.29) is 0 Å². The maximum absolute atomic E-state index is 5.35. The van der Waals surface area contributed by atoms with Crippen LogP contribution in [0.3, 0.4) is 0 Å². The van der Waals surface area contributed by atoms with Gasteiger partial charge in [-0.05, 0) is 55.5 Å². The van der Waals surface area contributed by atoms with Gasteiger partial charge in [0.05, 0.1) is 14.2 Å². The highest BCUT2D eigenvalue weighted by Crippen LogP contribution is 2.30. The lowest BCUT2D eigenvalue weighted by Crippen LogP contribution is -2.36. The molecule has 1 aliphatic rings. The fraction of sp³-hybridized carbons (Fsp3) is 0.600. The molecule has 1 heterocycles. The van der Waals surface area contributed by atoms with Gasteiger partial charge in [-0.15, -0.1) is 0 Å². The SMILES string of the molecule is COc1ccc(CC2CNCCC2C)cc1OC. The summed E-state index contributed by atoms with van der Waals surface area (Å²) < 4.78 is 10.6. The molecule has 1 aliphatic heterocycles. The molecule has 1 fully saturated rings. The van der Waals surface area contributed by atoms with Crippen molar-refractivity contribution in [1.29, 1.82) is 0 Å². The van der Waals surface area contributed by atoms with Gasteiger partial charge in [0.1, 0.15) is 0 Å². The molecule has 1 aromatic rings. The summed E-state index contributed by atoms with van der Waals surface area (Å²) in [7, 11) is 3.36. The summed E-state index contributed by atoms with van der Waals surface area (Å²) in [5, 5.41) is 3.48. The number of piperidine rings is 1. The van der Waals surface area contributed by atoms with Crippen molar-refractivity contribution in [3.05, 3.63) is 23.8 Å². The second-order valence-corrected chi connectivity index (χ2v) is 5.12. The molecule has 1 N–H and O–H groups in total. The first kappa shape index (κ1) is 13.2. The van der Waals surface area contributed by atoms with Gasteiger partial charge < -0.3 is 14.8 Å². The molecular formula is C15H23NO2. The molecule has 0 aliphatic carbocycles. The van der Waals surface area contributed by atoms with E-state index in [2.05, 4.69) is 24.4 Å². The van der Waals surface area contributed by atoms with Crippen molar-refractivity contribution in [2.24, 2.45) is 11.8 Å². The number of rotatable bonds is 4. The molecule has 0 amide bonds. The Morgan fingerprint density at radius 1 is 1.22 bits per heavy atom. The standard InChI is InChI=1S/C15H23NO2/c1-11-6-7-16-10-13(11)8-12-4-5-14(17-2)15(9-12)18-3/h4-5,9,11,13,16H,6-8,10H2,1-3H3. The van der Waals surface area contributed by atoms with Crippen molar-refractivity contribution in [1.82, 2.24) is 5.32 Å². The van der Waals surface area contributed by atoms with Gasteiger partial charge in [0.2, 0.25) is 0 Å². The van der Waals surface area contributed by atoms with Crippen LogP contribution >= 0.6 is 0 Å². The molecule has 2 rings (SSSR count).